The number of rotatable bonds is 6. The van der Waals surface area contributed by atoms with Crippen molar-refractivity contribution in [1.82, 2.24) is 9.88 Å². The van der Waals surface area contributed by atoms with Crippen LogP contribution in [0, 0.1) is 0 Å². The van der Waals surface area contributed by atoms with E-state index < -0.39 is 18.9 Å². The standard InChI is InChI=1S/C13H19F2N3O2/c1-2-20-10-6-8(16)12(10)17-13(19)9-4-3-5-18(9)7-11(14)15/h3-5,8,10-12H,2,6-7,16H2,1H3,(H,17,19). The van der Waals surface area contributed by atoms with E-state index >= 15 is 0 Å². The molecule has 1 saturated carbocycles. The molecule has 112 valence electrons. The molecule has 0 saturated heterocycles. The number of alkyl halides is 2. The summed E-state index contributed by atoms with van der Waals surface area (Å²) in [5.41, 5.74) is 6.05. The van der Waals surface area contributed by atoms with Crippen LogP contribution in [0.25, 0.3) is 0 Å². The Kier molecular flexibility index (Phi) is 4.72. The zero-order valence-corrected chi connectivity index (χ0v) is 11.3. The van der Waals surface area contributed by atoms with Crippen molar-refractivity contribution in [3.63, 3.8) is 0 Å². The van der Waals surface area contributed by atoms with Crippen molar-refractivity contribution in [2.45, 2.75) is 44.5 Å². The molecule has 3 atom stereocenters. The van der Waals surface area contributed by atoms with Gasteiger partial charge in [0, 0.05) is 18.8 Å². The van der Waals surface area contributed by atoms with Crippen molar-refractivity contribution in [1.29, 1.82) is 0 Å². The fourth-order valence-electron chi connectivity index (χ4n) is 2.38. The van der Waals surface area contributed by atoms with Gasteiger partial charge in [-0.1, -0.05) is 0 Å². The average molecular weight is 287 g/mol. The Bertz CT molecular complexity index is 462. The fraction of sp³-hybridized carbons (Fsp3) is 0.615. The molecule has 1 heterocycles. The quantitative estimate of drug-likeness (QED) is 0.819. The van der Waals surface area contributed by atoms with E-state index in [4.69, 9.17) is 10.5 Å². The number of nitrogens with one attached hydrogen (secondary N) is 1. The number of ether oxygens (including phenoxy) is 1. The van der Waals surface area contributed by atoms with E-state index in [-0.39, 0.29) is 23.9 Å². The molecular weight excluding hydrogens is 268 g/mol. The lowest BCUT2D eigenvalue weighted by molar-refractivity contribution is -0.0301. The Hall–Kier alpha value is -1.47. The van der Waals surface area contributed by atoms with Crippen molar-refractivity contribution >= 4 is 5.91 Å². The van der Waals surface area contributed by atoms with Crippen LogP contribution in [0.2, 0.25) is 0 Å². The van der Waals surface area contributed by atoms with Gasteiger partial charge in [-0.05, 0) is 25.5 Å². The molecule has 1 fully saturated rings. The van der Waals surface area contributed by atoms with E-state index in [9.17, 15) is 13.6 Å². The molecule has 1 amide bonds. The molecular formula is C13H19F2N3O2. The van der Waals surface area contributed by atoms with Gasteiger partial charge < -0.3 is 20.4 Å². The minimum absolute atomic E-state index is 0.0996. The lowest BCUT2D eigenvalue weighted by atomic mass is 9.83. The maximum absolute atomic E-state index is 12.4. The largest absolute Gasteiger partial charge is 0.376 e. The maximum atomic E-state index is 12.4. The number of carbonyl (C=O) groups excluding carboxylic acids is 1. The Morgan fingerprint density at radius 3 is 3.00 bits per heavy atom. The van der Waals surface area contributed by atoms with Gasteiger partial charge in [0.25, 0.3) is 12.3 Å². The third-order valence-electron chi connectivity index (χ3n) is 3.44. The third-order valence-corrected chi connectivity index (χ3v) is 3.44. The summed E-state index contributed by atoms with van der Waals surface area (Å²) in [4.78, 5) is 12.1. The molecule has 3 unspecified atom stereocenters. The second-order valence-electron chi connectivity index (χ2n) is 4.83. The molecule has 1 aliphatic carbocycles. The van der Waals surface area contributed by atoms with Gasteiger partial charge in [-0.2, -0.15) is 0 Å². The molecule has 1 aromatic rings. The summed E-state index contributed by atoms with van der Waals surface area (Å²) in [6, 6.07) is 2.65. The summed E-state index contributed by atoms with van der Waals surface area (Å²) < 4.78 is 31.5. The van der Waals surface area contributed by atoms with Crippen LogP contribution in [0.3, 0.4) is 0 Å². The summed E-state index contributed by atoms with van der Waals surface area (Å²) in [6.45, 7) is 1.92. The van der Waals surface area contributed by atoms with E-state index in [1.807, 2.05) is 6.92 Å². The second-order valence-corrected chi connectivity index (χ2v) is 4.83. The van der Waals surface area contributed by atoms with Gasteiger partial charge >= 0.3 is 0 Å². The molecule has 3 N–H and O–H groups in total. The minimum atomic E-state index is -2.50. The van der Waals surface area contributed by atoms with Crippen molar-refractivity contribution in [3.8, 4) is 0 Å². The second kappa shape index (κ2) is 6.32. The number of amides is 1. The van der Waals surface area contributed by atoms with Crippen LogP contribution in [0.4, 0.5) is 8.78 Å². The van der Waals surface area contributed by atoms with Gasteiger partial charge in [0.15, 0.2) is 0 Å². The highest BCUT2D eigenvalue weighted by atomic mass is 19.3. The number of hydrogen-bond donors (Lipinski definition) is 2. The summed E-state index contributed by atoms with van der Waals surface area (Å²) >= 11 is 0. The predicted molar refractivity (Wildman–Crippen MR) is 69.7 cm³/mol. The van der Waals surface area contributed by atoms with Gasteiger partial charge in [-0.15, -0.1) is 0 Å². The van der Waals surface area contributed by atoms with Crippen molar-refractivity contribution in [2.24, 2.45) is 5.73 Å². The van der Waals surface area contributed by atoms with Crippen molar-refractivity contribution in [3.05, 3.63) is 24.0 Å². The van der Waals surface area contributed by atoms with Gasteiger partial charge in [0.1, 0.15) is 5.69 Å². The number of nitrogens with zero attached hydrogens (tertiary/aromatic N) is 1. The third kappa shape index (κ3) is 3.16. The van der Waals surface area contributed by atoms with Crippen LogP contribution in [-0.4, -0.2) is 41.7 Å². The van der Waals surface area contributed by atoms with Crippen LogP contribution in [-0.2, 0) is 11.3 Å². The highest BCUT2D eigenvalue weighted by molar-refractivity contribution is 5.93. The van der Waals surface area contributed by atoms with Crippen molar-refractivity contribution < 1.29 is 18.3 Å². The monoisotopic (exact) mass is 287 g/mol. The number of nitrogens with two attached hydrogens (primary N) is 1. The molecule has 20 heavy (non-hydrogen) atoms. The first kappa shape index (κ1) is 14.9. The maximum Gasteiger partial charge on any atom is 0.268 e. The molecule has 0 aliphatic heterocycles. The summed E-state index contributed by atoms with van der Waals surface area (Å²) in [5.74, 6) is -0.402. The fourth-order valence-corrected chi connectivity index (χ4v) is 2.38. The Morgan fingerprint density at radius 1 is 1.65 bits per heavy atom. The molecule has 1 aliphatic rings. The zero-order valence-electron chi connectivity index (χ0n) is 11.3. The first-order valence-electron chi connectivity index (χ1n) is 6.64. The van der Waals surface area contributed by atoms with Crippen LogP contribution in [0.15, 0.2) is 18.3 Å². The SMILES string of the molecule is CCOC1CC(N)C1NC(=O)c1cccn1CC(F)F. The molecule has 2 rings (SSSR count). The minimum Gasteiger partial charge on any atom is -0.376 e. The van der Waals surface area contributed by atoms with Crippen LogP contribution < -0.4 is 11.1 Å². The molecule has 0 spiro atoms. The van der Waals surface area contributed by atoms with Crippen LogP contribution in [0.1, 0.15) is 23.8 Å². The van der Waals surface area contributed by atoms with Gasteiger partial charge in [-0.3, -0.25) is 4.79 Å². The van der Waals surface area contributed by atoms with E-state index in [0.717, 1.165) is 0 Å². The van der Waals surface area contributed by atoms with E-state index in [2.05, 4.69) is 5.32 Å². The predicted octanol–water partition coefficient (Wildman–Crippen LogP) is 0.988. The Labute approximate surface area is 116 Å². The molecule has 0 radical (unpaired) electrons. The highest BCUT2D eigenvalue weighted by Crippen LogP contribution is 2.23. The van der Waals surface area contributed by atoms with E-state index in [0.29, 0.717) is 13.0 Å². The molecule has 7 heteroatoms. The first-order chi connectivity index (χ1) is 9.52. The number of hydrogen-bond acceptors (Lipinski definition) is 3. The number of carbonyl (C=O) groups is 1. The smallest absolute Gasteiger partial charge is 0.268 e. The molecule has 0 bridgehead atoms. The van der Waals surface area contributed by atoms with Gasteiger partial charge in [0.2, 0.25) is 0 Å². The van der Waals surface area contributed by atoms with Crippen LogP contribution in [0.5, 0.6) is 0 Å². The van der Waals surface area contributed by atoms with Gasteiger partial charge in [0.05, 0.1) is 18.7 Å². The highest BCUT2D eigenvalue weighted by Gasteiger charge is 2.40. The van der Waals surface area contributed by atoms with Gasteiger partial charge in [-0.25, -0.2) is 8.78 Å². The lowest BCUT2D eigenvalue weighted by Gasteiger charge is -2.42. The summed E-state index contributed by atoms with van der Waals surface area (Å²) in [6.07, 6.45) is -0.452. The van der Waals surface area contributed by atoms with E-state index in [1.54, 1.807) is 6.07 Å². The summed E-state index contributed by atoms with van der Waals surface area (Å²) in [5, 5.41) is 2.76. The normalized spacial score (nSPS) is 25.6. The molecule has 5 nitrogen and oxygen atoms in total. The van der Waals surface area contributed by atoms with Crippen LogP contribution >= 0.6 is 0 Å². The Balaban J connectivity index is 1.99. The molecule has 1 aromatic heterocycles. The number of halogens is 2. The summed E-state index contributed by atoms with van der Waals surface area (Å²) in [7, 11) is 0. The zero-order chi connectivity index (χ0) is 14.7. The lowest BCUT2D eigenvalue weighted by Crippen LogP contribution is -2.64. The molecule has 0 aromatic carbocycles. The topological polar surface area (TPSA) is 69.3 Å². The number of aromatic nitrogens is 1. The first-order valence-corrected chi connectivity index (χ1v) is 6.64. The Morgan fingerprint density at radius 2 is 2.40 bits per heavy atom. The van der Waals surface area contributed by atoms with E-state index in [1.165, 1.54) is 16.8 Å². The van der Waals surface area contributed by atoms with Crippen molar-refractivity contribution in [2.75, 3.05) is 6.61 Å². The average Bonchev–Trinajstić information content (AvgIpc) is 2.83.